The summed E-state index contributed by atoms with van der Waals surface area (Å²) in [7, 11) is 0. The summed E-state index contributed by atoms with van der Waals surface area (Å²) in [4.78, 5) is 4.45. The van der Waals surface area contributed by atoms with E-state index in [1.54, 1.807) is 6.26 Å². The highest BCUT2D eigenvalue weighted by atomic mass is 16.3. The smallest absolute Gasteiger partial charge is 0.219 e. The fourth-order valence-electron chi connectivity index (χ4n) is 3.06. The molecular formula is C17H11N3O. The normalized spacial score (nSPS) is 11.8. The minimum Gasteiger partial charge on any atom is -0.463 e. The minimum atomic E-state index is 0.867. The van der Waals surface area contributed by atoms with E-state index in [1.165, 1.54) is 0 Å². The lowest BCUT2D eigenvalue weighted by atomic mass is 10.1. The second kappa shape index (κ2) is 3.76. The monoisotopic (exact) mass is 273 g/mol. The molecule has 5 rings (SSSR count). The molecule has 0 amide bonds. The standard InChI is InChI=1S/C17H11N3O/c1-2-7-15-12(4-1)13-5-3-6-14-16(13)20(10-11-21-15)17-18-8-9-19(14)17/h1-11H. The minimum absolute atomic E-state index is 0.867. The topological polar surface area (TPSA) is 34.9 Å². The van der Waals surface area contributed by atoms with Gasteiger partial charge in [-0.25, -0.2) is 4.98 Å². The molecule has 3 heterocycles. The van der Waals surface area contributed by atoms with Crippen molar-refractivity contribution in [2.45, 2.75) is 0 Å². The van der Waals surface area contributed by atoms with E-state index in [0.29, 0.717) is 0 Å². The van der Waals surface area contributed by atoms with Crippen molar-refractivity contribution in [2.24, 2.45) is 0 Å². The summed E-state index contributed by atoms with van der Waals surface area (Å²) in [6.45, 7) is 0. The van der Waals surface area contributed by atoms with Crippen LogP contribution in [0, 0.1) is 0 Å². The molecule has 0 aliphatic rings. The predicted octanol–water partition coefficient (Wildman–Crippen LogP) is 4.05. The Kier molecular flexibility index (Phi) is 1.92. The Balaban J connectivity index is 2.24. The third kappa shape index (κ3) is 1.31. The molecule has 100 valence electrons. The quantitative estimate of drug-likeness (QED) is 0.426. The zero-order valence-electron chi connectivity index (χ0n) is 11.1. The van der Waals surface area contributed by atoms with Crippen molar-refractivity contribution in [3.63, 3.8) is 0 Å². The zero-order chi connectivity index (χ0) is 13.8. The van der Waals surface area contributed by atoms with E-state index in [4.69, 9.17) is 4.42 Å². The van der Waals surface area contributed by atoms with E-state index < -0.39 is 0 Å². The van der Waals surface area contributed by atoms with Crippen molar-refractivity contribution in [3.8, 4) is 0 Å². The number of hydrogen-bond acceptors (Lipinski definition) is 2. The molecule has 0 N–H and O–H groups in total. The van der Waals surface area contributed by atoms with Crippen molar-refractivity contribution in [1.82, 2.24) is 13.8 Å². The highest BCUT2D eigenvalue weighted by Crippen LogP contribution is 2.28. The van der Waals surface area contributed by atoms with Crippen molar-refractivity contribution < 1.29 is 4.42 Å². The van der Waals surface area contributed by atoms with Crippen LogP contribution in [-0.4, -0.2) is 13.8 Å². The van der Waals surface area contributed by atoms with E-state index >= 15 is 0 Å². The summed E-state index contributed by atoms with van der Waals surface area (Å²) in [5.74, 6) is 0.886. The maximum atomic E-state index is 5.77. The molecule has 0 unspecified atom stereocenters. The molecule has 0 radical (unpaired) electrons. The Labute approximate surface area is 119 Å². The van der Waals surface area contributed by atoms with Crippen LogP contribution in [0.3, 0.4) is 0 Å². The molecule has 0 aliphatic carbocycles. The van der Waals surface area contributed by atoms with Crippen LogP contribution in [0.5, 0.6) is 0 Å². The zero-order valence-corrected chi connectivity index (χ0v) is 11.1. The largest absolute Gasteiger partial charge is 0.463 e. The van der Waals surface area contributed by atoms with Crippen molar-refractivity contribution in [3.05, 3.63) is 67.3 Å². The first-order valence-corrected chi connectivity index (χ1v) is 6.82. The van der Waals surface area contributed by atoms with Gasteiger partial charge < -0.3 is 4.42 Å². The third-order valence-electron chi connectivity index (χ3n) is 3.93. The van der Waals surface area contributed by atoms with Gasteiger partial charge in [-0.3, -0.25) is 8.80 Å². The molecule has 0 saturated heterocycles. The molecule has 4 nitrogen and oxygen atoms in total. The van der Waals surface area contributed by atoms with Gasteiger partial charge >= 0.3 is 0 Å². The maximum Gasteiger partial charge on any atom is 0.219 e. The van der Waals surface area contributed by atoms with Gasteiger partial charge in [0.25, 0.3) is 0 Å². The summed E-state index contributed by atoms with van der Waals surface area (Å²) in [5, 5.41) is 2.24. The highest BCUT2D eigenvalue weighted by molar-refractivity contribution is 6.08. The number of hydrogen-bond donors (Lipinski definition) is 0. The first-order valence-electron chi connectivity index (χ1n) is 6.82. The fourth-order valence-corrected chi connectivity index (χ4v) is 3.06. The number of imidazole rings is 2. The van der Waals surface area contributed by atoms with E-state index in [1.807, 2.05) is 36.8 Å². The summed E-state index contributed by atoms with van der Waals surface area (Å²) < 4.78 is 9.94. The predicted molar refractivity (Wildman–Crippen MR) is 82.2 cm³/mol. The van der Waals surface area contributed by atoms with Crippen LogP contribution in [-0.2, 0) is 0 Å². The summed E-state index contributed by atoms with van der Waals surface area (Å²) in [6, 6.07) is 14.4. The molecule has 0 atom stereocenters. The SMILES string of the molecule is c1ccc2c(c1)occn1c3c2cccc3n2ccnc21. The van der Waals surface area contributed by atoms with Gasteiger partial charge in [0.2, 0.25) is 5.78 Å². The fraction of sp³-hybridized carbons (Fsp3) is 0. The van der Waals surface area contributed by atoms with Crippen LogP contribution in [0.1, 0.15) is 0 Å². The van der Waals surface area contributed by atoms with Crippen molar-refractivity contribution in [2.75, 3.05) is 0 Å². The Morgan fingerprint density at radius 2 is 1.76 bits per heavy atom. The lowest BCUT2D eigenvalue weighted by Gasteiger charge is -2.01. The van der Waals surface area contributed by atoms with Crippen LogP contribution in [0.15, 0.2) is 71.7 Å². The number of para-hydroxylation sites is 2. The third-order valence-corrected chi connectivity index (χ3v) is 3.93. The van der Waals surface area contributed by atoms with Gasteiger partial charge in [0, 0.05) is 29.4 Å². The second-order valence-corrected chi connectivity index (χ2v) is 5.04. The van der Waals surface area contributed by atoms with E-state index in [2.05, 4.69) is 38.1 Å². The summed E-state index contributed by atoms with van der Waals surface area (Å²) >= 11 is 0. The Bertz CT molecular complexity index is 1140. The Morgan fingerprint density at radius 3 is 2.76 bits per heavy atom. The maximum absolute atomic E-state index is 5.77. The number of rotatable bonds is 0. The van der Waals surface area contributed by atoms with Crippen LogP contribution in [0.4, 0.5) is 0 Å². The molecule has 21 heavy (non-hydrogen) atoms. The molecule has 0 fully saturated rings. The lowest BCUT2D eigenvalue weighted by Crippen LogP contribution is -1.84. The van der Waals surface area contributed by atoms with E-state index in [9.17, 15) is 0 Å². The molecule has 3 aromatic heterocycles. The van der Waals surface area contributed by atoms with E-state index in [-0.39, 0.29) is 0 Å². The first-order chi connectivity index (χ1) is 10.4. The van der Waals surface area contributed by atoms with Crippen LogP contribution in [0.2, 0.25) is 0 Å². The van der Waals surface area contributed by atoms with Gasteiger partial charge in [-0.05, 0) is 12.1 Å². The molecule has 0 bridgehead atoms. The first kappa shape index (κ1) is 10.7. The van der Waals surface area contributed by atoms with Crippen LogP contribution >= 0.6 is 0 Å². The highest BCUT2D eigenvalue weighted by Gasteiger charge is 2.11. The van der Waals surface area contributed by atoms with Gasteiger partial charge in [0.05, 0.1) is 11.0 Å². The average molecular weight is 273 g/mol. The van der Waals surface area contributed by atoms with Gasteiger partial charge in [-0.1, -0.05) is 30.3 Å². The molecule has 2 aromatic carbocycles. The summed E-state index contributed by atoms with van der Waals surface area (Å²) in [6.07, 6.45) is 7.43. The number of aromatic nitrogens is 3. The molecule has 0 spiro atoms. The Hall–Kier alpha value is -3.01. The van der Waals surface area contributed by atoms with Crippen molar-refractivity contribution in [1.29, 1.82) is 0 Å². The molecule has 4 heteroatoms. The van der Waals surface area contributed by atoms with Gasteiger partial charge in [-0.15, -0.1) is 0 Å². The van der Waals surface area contributed by atoms with Crippen molar-refractivity contribution >= 4 is 33.2 Å². The average Bonchev–Trinajstić information content (AvgIpc) is 3.08. The number of benzene rings is 2. The number of fused-ring (bicyclic) bond motifs is 5. The summed E-state index contributed by atoms with van der Waals surface area (Å²) in [5.41, 5.74) is 3.15. The van der Waals surface area contributed by atoms with Gasteiger partial charge in [0.15, 0.2) is 0 Å². The molecule has 5 aromatic rings. The number of nitrogens with zero attached hydrogens (tertiary/aromatic N) is 3. The van der Waals surface area contributed by atoms with Gasteiger partial charge in [-0.2, -0.15) is 0 Å². The molecular weight excluding hydrogens is 262 g/mol. The van der Waals surface area contributed by atoms with E-state index in [0.717, 1.165) is 33.2 Å². The van der Waals surface area contributed by atoms with Gasteiger partial charge in [0.1, 0.15) is 11.8 Å². The Morgan fingerprint density at radius 1 is 0.857 bits per heavy atom. The second-order valence-electron chi connectivity index (χ2n) is 5.04. The molecule has 0 saturated carbocycles. The van der Waals surface area contributed by atoms with Crippen LogP contribution < -0.4 is 0 Å². The lowest BCUT2D eigenvalue weighted by molar-refractivity contribution is 0.603. The molecule has 0 aliphatic heterocycles. The van der Waals surface area contributed by atoms with Crippen LogP contribution in [0.25, 0.3) is 33.2 Å².